The van der Waals surface area contributed by atoms with Crippen molar-refractivity contribution in [1.82, 2.24) is 0 Å². The second kappa shape index (κ2) is 10.5. The summed E-state index contributed by atoms with van der Waals surface area (Å²) in [5.74, 6) is 0. The number of rotatable bonds is 8. The Balaban J connectivity index is 3.54. The largest absolute Gasteiger partial charge is 0.353 e. The Labute approximate surface area is 94.8 Å². The van der Waals surface area contributed by atoms with Gasteiger partial charge in [-0.1, -0.05) is 34.7 Å². The third-order valence-electron chi connectivity index (χ3n) is 1.48. The maximum atomic E-state index is 5.39. The van der Waals surface area contributed by atoms with Crippen LogP contribution in [0.25, 0.3) is 0 Å². The topological polar surface area (TPSA) is 18.5 Å². The maximum Gasteiger partial charge on any atom is 0.160 e. The summed E-state index contributed by atoms with van der Waals surface area (Å²) in [6.07, 6.45) is 6.25. The van der Waals surface area contributed by atoms with E-state index in [1.54, 1.807) is 0 Å². The van der Waals surface area contributed by atoms with Gasteiger partial charge in [0.2, 0.25) is 0 Å². The molecule has 0 aliphatic carbocycles. The molecule has 0 unspecified atom stereocenters. The SMILES string of the molecule is CCOC(C/C=C\CCI)OCC. The fourth-order valence-corrected chi connectivity index (χ4v) is 1.30. The van der Waals surface area contributed by atoms with Gasteiger partial charge < -0.3 is 9.47 Å². The molecule has 0 bridgehead atoms. The highest BCUT2D eigenvalue weighted by Gasteiger charge is 2.03. The second-order valence-corrected chi connectivity index (χ2v) is 3.60. The van der Waals surface area contributed by atoms with Crippen LogP contribution < -0.4 is 0 Å². The van der Waals surface area contributed by atoms with E-state index in [1.165, 1.54) is 4.43 Å². The van der Waals surface area contributed by atoms with Gasteiger partial charge in [0.15, 0.2) is 6.29 Å². The molecule has 0 aromatic carbocycles. The average Bonchev–Trinajstić information content (AvgIpc) is 2.13. The average molecular weight is 298 g/mol. The maximum absolute atomic E-state index is 5.39. The Hall–Kier alpha value is 0.390. The first-order valence-corrected chi connectivity index (χ1v) is 6.31. The second-order valence-electron chi connectivity index (χ2n) is 2.53. The summed E-state index contributed by atoms with van der Waals surface area (Å²) in [6.45, 7) is 5.40. The van der Waals surface area contributed by atoms with Crippen molar-refractivity contribution in [2.24, 2.45) is 0 Å². The lowest BCUT2D eigenvalue weighted by Crippen LogP contribution is -2.16. The van der Waals surface area contributed by atoms with Gasteiger partial charge in [0.1, 0.15) is 0 Å². The summed E-state index contributed by atoms with van der Waals surface area (Å²) in [7, 11) is 0. The highest BCUT2D eigenvalue weighted by Crippen LogP contribution is 2.03. The van der Waals surface area contributed by atoms with E-state index in [0.29, 0.717) is 13.2 Å². The Morgan fingerprint density at radius 1 is 1.15 bits per heavy atom. The van der Waals surface area contributed by atoms with Crippen LogP contribution in [0.3, 0.4) is 0 Å². The summed E-state index contributed by atoms with van der Waals surface area (Å²) in [4.78, 5) is 0. The van der Waals surface area contributed by atoms with Crippen molar-refractivity contribution < 1.29 is 9.47 Å². The molecule has 78 valence electrons. The van der Waals surface area contributed by atoms with Gasteiger partial charge in [-0.15, -0.1) is 0 Å². The predicted molar refractivity (Wildman–Crippen MR) is 64.3 cm³/mol. The van der Waals surface area contributed by atoms with Crippen molar-refractivity contribution in [2.75, 3.05) is 17.6 Å². The Morgan fingerprint density at radius 3 is 2.23 bits per heavy atom. The molecule has 0 atom stereocenters. The third-order valence-corrected chi connectivity index (χ3v) is 2.10. The quantitative estimate of drug-likeness (QED) is 0.297. The zero-order valence-corrected chi connectivity index (χ0v) is 10.6. The predicted octanol–water partition coefficient (Wildman–Crippen LogP) is 3.16. The molecule has 0 radical (unpaired) electrons. The van der Waals surface area contributed by atoms with Crippen LogP contribution in [0.5, 0.6) is 0 Å². The molecule has 0 amide bonds. The first kappa shape index (κ1) is 13.4. The first-order chi connectivity index (χ1) is 6.35. The summed E-state index contributed by atoms with van der Waals surface area (Å²) < 4.78 is 11.9. The fraction of sp³-hybridized carbons (Fsp3) is 0.800. The van der Waals surface area contributed by atoms with Crippen LogP contribution in [0, 0.1) is 0 Å². The molecule has 0 aliphatic rings. The molecule has 0 N–H and O–H groups in total. The molecule has 0 fully saturated rings. The monoisotopic (exact) mass is 298 g/mol. The summed E-state index contributed by atoms with van der Waals surface area (Å²) in [5.41, 5.74) is 0. The lowest BCUT2D eigenvalue weighted by molar-refractivity contribution is -0.133. The summed E-state index contributed by atoms with van der Waals surface area (Å²) in [5, 5.41) is 0. The minimum absolute atomic E-state index is 0.0551. The van der Waals surface area contributed by atoms with Crippen molar-refractivity contribution in [3.63, 3.8) is 0 Å². The van der Waals surface area contributed by atoms with Gasteiger partial charge in [-0.25, -0.2) is 0 Å². The molecule has 0 spiro atoms. The molecule has 0 saturated carbocycles. The molecule has 0 heterocycles. The molecule has 13 heavy (non-hydrogen) atoms. The van der Waals surface area contributed by atoms with E-state index >= 15 is 0 Å². The molecule has 3 heteroatoms. The number of allylic oxidation sites excluding steroid dienone is 1. The van der Waals surface area contributed by atoms with Crippen molar-refractivity contribution >= 4 is 22.6 Å². The smallest absolute Gasteiger partial charge is 0.160 e. The van der Waals surface area contributed by atoms with Gasteiger partial charge in [0.25, 0.3) is 0 Å². The number of alkyl halides is 1. The Morgan fingerprint density at radius 2 is 1.77 bits per heavy atom. The van der Waals surface area contributed by atoms with Crippen LogP contribution in [0.15, 0.2) is 12.2 Å². The van der Waals surface area contributed by atoms with Crippen LogP contribution in [-0.4, -0.2) is 23.9 Å². The van der Waals surface area contributed by atoms with Crippen molar-refractivity contribution in [2.45, 2.75) is 33.0 Å². The Kier molecular flexibility index (Phi) is 10.8. The zero-order valence-electron chi connectivity index (χ0n) is 8.46. The molecule has 0 rings (SSSR count). The number of halogens is 1. The Bertz CT molecular complexity index is 120. The van der Waals surface area contributed by atoms with Crippen LogP contribution in [-0.2, 0) is 9.47 Å². The lowest BCUT2D eigenvalue weighted by Gasteiger charge is -2.14. The molecule has 0 aromatic heterocycles. The fourth-order valence-electron chi connectivity index (χ4n) is 0.944. The highest BCUT2D eigenvalue weighted by molar-refractivity contribution is 14.1. The van der Waals surface area contributed by atoms with E-state index in [0.717, 1.165) is 12.8 Å². The van der Waals surface area contributed by atoms with Crippen molar-refractivity contribution in [3.8, 4) is 0 Å². The van der Waals surface area contributed by atoms with E-state index in [9.17, 15) is 0 Å². The zero-order chi connectivity index (χ0) is 9.94. The van der Waals surface area contributed by atoms with Crippen LogP contribution >= 0.6 is 22.6 Å². The minimum Gasteiger partial charge on any atom is -0.353 e. The van der Waals surface area contributed by atoms with E-state index in [-0.39, 0.29) is 6.29 Å². The van der Waals surface area contributed by atoms with Crippen molar-refractivity contribution in [3.05, 3.63) is 12.2 Å². The van der Waals surface area contributed by atoms with E-state index in [4.69, 9.17) is 9.47 Å². The number of ether oxygens (including phenoxy) is 2. The molecule has 0 aromatic rings. The minimum atomic E-state index is -0.0551. The van der Waals surface area contributed by atoms with Gasteiger partial charge >= 0.3 is 0 Å². The molecular formula is C10H19IO2. The third kappa shape index (κ3) is 8.71. The van der Waals surface area contributed by atoms with Crippen molar-refractivity contribution in [1.29, 1.82) is 0 Å². The van der Waals surface area contributed by atoms with Gasteiger partial charge in [0.05, 0.1) is 0 Å². The van der Waals surface area contributed by atoms with Crippen LogP contribution in [0.1, 0.15) is 26.7 Å². The standard InChI is InChI=1S/C10H19IO2/c1-3-12-10(13-4-2)8-6-5-7-9-11/h5-6,10H,3-4,7-9H2,1-2H3/b6-5-. The van der Waals surface area contributed by atoms with Crippen LogP contribution in [0.2, 0.25) is 0 Å². The van der Waals surface area contributed by atoms with Gasteiger partial charge in [-0.3, -0.25) is 0 Å². The molecule has 0 aliphatic heterocycles. The highest BCUT2D eigenvalue weighted by atomic mass is 127. The van der Waals surface area contributed by atoms with E-state index < -0.39 is 0 Å². The van der Waals surface area contributed by atoms with Gasteiger partial charge in [-0.2, -0.15) is 0 Å². The molecular weight excluding hydrogens is 279 g/mol. The van der Waals surface area contributed by atoms with E-state index in [2.05, 4.69) is 34.7 Å². The molecule has 2 nitrogen and oxygen atoms in total. The van der Waals surface area contributed by atoms with E-state index in [1.807, 2.05) is 13.8 Å². The lowest BCUT2D eigenvalue weighted by atomic mass is 10.3. The normalized spacial score (nSPS) is 11.7. The number of hydrogen-bond donors (Lipinski definition) is 0. The van der Waals surface area contributed by atoms with Gasteiger partial charge in [0, 0.05) is 24.1 Å². The molecule has 0 saturated heterocycles. The summed E-state index contributed by atoms with van der Waals surface area (Å²) in [6, 6.07) is 0. The van der Waals surface area contributed by atoms with Crippen LogP contribution in [0.4, 0.5) is 0 Å². The summed E-state index contributed by atoms with van der Waals surface area (Å²) >= 11 is 2.36. The first-order valence-electron chi connectivity index (χ1n) is 4.79. The van der Waals surface area contributed by atoms with Gasteiger partial charge in [-0.05, 0) is 20.3 Å². The number of hydrogen-bond acceptors (Lipinski definition) is 2.